The molecule has 1 rings (SSSR count). The molecule has 0 saturated heterocycles. The molecule has 0 unspecified atom stereocenters. The molecular formula is C41H63N9O14S2. The van der Waals surface area contributed by atoms with E-state index in [1.54, 1.807) is 58.0 Å². The molecule has 0 fully saturated rings. The Morgan fingerprint density at radius 2 is 0.909 bits per heavy atom. The van der Waals surface area contributed by atoms with Gasteiger partial charge in [0.1, 0.15) is 36.3 Å². The van der Waals surface area contributed by atoms with E-state index in [4.69, 9.17) is 5.73 Å². The van der Waals surface area contributed by atoms with E-state index in [0.717, 1.165) is 0 Å². The lowest BCUT2D eigenvalue weighted by atomic mass is 10.0. The minimum Gasteiger partial charge on any atom is -0.481 e. The van der Waals surface area contributed by atoms with Gasteiger partial charge in [0, 0.05) is 30.8 Å². The van der Waals surface area contributed by atoms with Crippen molar-refractivity contribution in [1.29, 1.82) is 0 Å². The van der Waals surface area contributed by atoms with Gasteiger partial charge in [-0.2, -0.15) is 25.3 Å². The summed E-state index contributed by atoms with van der Waals surface area (Å²) in [6.45, 7) is 5.58. The van der Waals surface area contributed by atoms with E-state index in [1.165, 1.54) is 0 Å². The molecule has 7 atom stereocenters. The fraction of sp³-hybridized carbons (Fsp3) is 0.585. The second-order valence-corrected chi connectivity index (χ2v) is 16.8. The number of nitrogens with two attached hydrogens (primary N) is 1. The van der Waals surface area contributed by atoms with Crippen LogP contribution in [0.5, 0.6) is 0 Å². The highest BCUT2D eigenvalue weighted by Gasteiger charge is 2.33. The fourth-order valence-corrected chi connectivity index (χ4v) is 6.39. The molecule has 0 heterocycles. The van der Waals surface area contributed by atoms with Crippen molar-refractivity contribution in [3.63, 3.8) is 0 Å². The van der Waals surface area contributed by atoms with E-state index < -0.39 is 140 Å². The molecular weight excluding hydrogens is 907 g/mol. The van der Waals surface area contributed by atoms with Gasteiger partial charge in [0.25, 0.3) is 0 Å². The number of carbonyl (C=O) groups is 11. The molecule has 0 radical (unpaired) electrons. The summed E-state index contributed by atoms with van der Waals surface area (Å²) in [6, 6.07) is -1.07. The van der Waals surface area contributed by atoms with Crippen LogP contribution in [0.4, 0.5) is 0 Å². The van der Waals surface area contributed by atoms with Crippen LogP contribution in [0.25, 0.3) is 0 Å². The first-order chi connectivity index (χ1) is 31.0. The number of carboxylic acid groups (broad SMARTS) is 3. The van der Waals surface area contributed by atoms with Crippen LogP contribution >= 0.6 is 25.3 Å². The number of rotatable bonds is 31. The number of aliphatic carboxylic acids is 3. The molecule has 0 aliphatic heterocycles. The van der Waals surface area contributed by atoms with Crippen LogP contribution in [-0.2, 0) is 59.2 Å². The number of nitrogens with one attached hydrogen (secondary N) is 8. The first-order valence-corrected chi connectivity index (χ1v) is 22.3. The number of hydrogen-bond acceptors (Lipinski definition) is 14. The number of benzene rings is 1. The topological polar surface area (TPSA) is 371 Å². The van der Waals surface area contributed by atoms with Gasteiger partial charge in [0.2, 0.25) is 47.3 Å². The minimum atomic E-state index is -1.57. The summed E-state index contributed by atoms with van der Waals surface area (Å²) in [7, 11) is 0. The zero-order valence-corrected chi connectivity index (χ0v) is 39.0. The molecule has 66 heavy (non-hydrogen) atoms. The summed E-state index contributed by atoms with van der Waals surface area (Å²) >= 11 is 7.83. The van der Waals surface area contributed by atoms with Crippen LogP contribution in [-0.4, -0.2) is 147 Å². The van der Waals surface area contributed by atoms with Gasteiger partial charge in [0.05, 0.1) is 19.1 Å². The highest BCUT2D eigenvalue weighted by atomic mass is 32.1. The van der Waals surface area contributed by atoms with Gasteiger partial charge in [-0.3, -0.25) is 47.9 Å². The Balaban J connectivity index is 3.28. The van der Waals surface area contributed by atoms with Crippen molar-refractivity contribution in [2.24, 2.45) is 17.6 Å². The lowest BCUT2D eigenvalue weighted by molar-refractivity contribution is -0.141. The quantitative estimate of drug-likeness (QED) is 0.0341. The largest absolute Gasteiger partial charge is 0.481 e. The molecule has 8 amide bonds. The molecule has 1 aromatic rings. The first-order valence-electron chi connectivity index (χ1n) is 21.0. The maximum Gasteiger partial charge on any atom is 0.327 e. The average molecular weight is 970 g/mol. The average Bonchev–Trinajstić information content (AvgIpc) is 3.24. The predicted octanol–water partition coefficient (Wildman–Crippen LogP) is -2.54. The Hall–Kier alpha value is -5.95. The number of carboxylic acids is 3. The Morgan fingerprint density at radius 1 is 0.515 bits per heavy atom. The van der Waals surface area contributed by atoms with Gasteiger partial charge in [0.15, 0.2) is 0 Å². The smallest absolute Gasteiger partial charge is 0.327 e. The van der Waals surface area contributed by atoms with Gasteiger partial charge in [-0.25, -0.2) is 4.79 Å². The van der Waals surface area contributed by atoms with Crippen molar-refractivity contribution in [3.05, 3.63) is 35.9 Å². The minimum absolute atomic E-state index is 0.0281. The van der Waals surface area contributed by atoms with Crippen LogP contribution in [0, 0.1) is 11.8 Å². The van der Waals surface area contributed by atoms with Crippen molar-refractivity contribution >= 4 is 90.4 Å². The lowest BCUT2D eigenvalue weighted by Crippen LogP contribution is -2.58. The van der Waals surface area contributed by atoms with E-state index >= 15 is 0 Å². The van der Waals surface area contributed by atoms with Crippen LogP contribution < -0.4 is 48.3 Å². The summed E-state index contributed by atoms with van der Waals surface area (Å²) < 4.78 is 0. The summed E-state index contributed by atoms with van der Waals surface area (Å²) in [6.07, 6.45) is -1.99. The highest BCUT2D eigenvalue weighted by Crippen LogP contribution is 2.10. The van der Waals surface area contributed by atoms with Gasteiger partial charge >= 0.3 is 17.9 Å². The third-order valence-electron chi connectivity index (χ3n) is 9.37. The molecule has 13 N–H and O–H groups in total. The van der Waals surface area contributed by atoms with Crippen molar-refractivity contribution in [1.82, 2.24) is 42.5 Å². The Labute approximate surface area is 392 Å². The molecule has 0 bridgehead atoms. The normalized spacial score (nSPS) is 14.1. The van der Waals surface area contributed by atoms with Crippen molar-refractivity contribution in [2.45, 2.75) is 115 Å². The Morgan fingerprint density at radius 3 is 1.29 bits per heavy atom. The van der Waals surface area contributed by atoms with E-state index in [9.17, 15) is 68.1 Å². The molecule has 1 aromatic carbocycles. The molecule has 0 saturated carbocycles. The second-order valence-electron chi connectivity index (χ2n) is 16.0. The zero-order valence-electron chi connectivity index (χ0n) is 37.2. The molecule has 368 valence electrons. The summed E-state index contributed by atoms with van der Waals surface area (Å²) in [5.41, 5.74) is 6.25. The highest BCUT2D eigenvalue weighted by molar-refractivity contribution is 7.80. The first kappa shape index (κ1) is 58.1. The maximum atomic E-state index is 13.9. The SMILES string of the molecule is CC(C)C[C@H](NC(=O)[C@H](CCC(=O)O)NC(=O)[C@H](Cc1ccccc1)NC(=O)CNC(=O)[C@H](CC(C)C)NC(=O)[C@H](CCC(=O)O)NC(=O)[C@@H](N)CS)C(=O)NCC(=O)N[C@@H](CS)C(=O)O. The Bertz CT molecular complexity index is 1860. The molecule has 0 aliphatic rings. The van der Waals surface area contributed by atoms with Crippen molar-refractivity contribution in [3.8, 4) is 0 Å². The maximum absolute atomic E-state index is 13.9. The van der Waals surface area contributed by atoms with Crippen LogP contribution in [0.3, 0.4) is 0 Å². The number of amides is 8. The summed E-state index contributed by atoms with van der Waals surface area (Å²) in [5, 5.41) is 47.1. The van der Waals surface area contributed by atoms with Crippen LogP contribution in [0.15, 0.2) is 30.3 Å². The second kappa shape index (κ2) is 30.3. The number of hydrogen-bond donors (Lipinski definition) is 14. The lowest BCUT2D eigenvalue weighted by Gasteiger charge is -2.26. The van der Waals surface area contributed by atoms with Gasteiger partial charge in [-0.05, 0) is 43.1 Å². The molecule has 0 aromatic heterocycles. The zero-order chi connectivity index (χ0) is 50.1. The summed E-state index contributed by atoms with van der Waals surface area (Å²) in [4.78, 5) is 140. The Kier molecular flexibility index (Phi) is 26.7. The number of thiol groups is 2. The standard InChI is InChI=1S/C41H63N9O14S2/c1-21(2)14-27(49-38(60)25(10-12-33(53)54)47-35(57)24(42)19-65)36(58)43-17-31(51)45-29(16-23-8-6-5-7-9-23)40(62)48-26(11-13-34(55)56)39(61)50-28(15-22(3)4)37(59)44-18-32(52)46-30(20-66)41(63)64/h5-9,21-22,24-30,65-66H,10-20,42H2,1-4H3,(H,43,58)(H,44,59)(H,45,51)(H,46,52)(H,47,57)(H,48,62)(H,49,60)(H,50,61)(H,53,54)(H,55,56)(H,63,64)/t24-,25-,26-,27-,28-,29-,30-/m0/s1. The third-order valence-corrected chi connectivity index (χ3v) is 10.1. The third kappa shape index (κ3) is 23.3. The summed E-state index contributed by atoms with van der Waals surface area (Å²) in [5.74, 6) is -11.6. The molecule has 0 spiro atoms. The van der Waals surface area contributed by atoms with Gasteiger partial charge < -0.3 is 63.6 Å². The van der Waals surface area contributed by atoms with Crippen LogP contribution in [0.1, 0.15) is 71.8 Å². The van der Waals surface area contributed by atoms with E-state index in [0.29, 0.717) is 5.56 Å². The van der Waals surface area contributed by atoms with E-state index in [-0.39, 0.29) is 49.0 Å². The van der Waals surface area contributed by atoms with Crippen molar-refractivity contribution < 1.29 is 68.1 Å². The molecule has 25 heteroatoms. The van der Waals surface area contributed by atoms with E-state index in [2.05, 4.69) is 67.8 Å². The van der Waals surface area contributed by atoms with Crippen LogP contribution in [0.2, 0.25) is 0 Å². The fourth-order valence-electron chi connectivity index (χ4n) is 5.97. The predicted molar refractivity (Wildman–Crippen MR) is 244 cm³/mol. The van der Waals surface area contributed by atoms with E-state index in [1.807, 2.05) is 0 Å². The molecule has 0 aliphatic carbocycles. The van der Waals surface area contributed by atoms with Gasteiger partial charge in [-0.1, -0.05) is 58.0 Å². The molecule has 23 nitrogen and oxygen atoms in total. The monoisotopic (exact) mass is 969 g/mol. The number of carbonyl (C=O) groups excluding carboxylic acids is 8. The van der Waals surface area contributed by atoms with Gasteiger partial charge in [-0.15, -0.1) is 0 Å². The van der Waals surface area contributed by atoms with Crippen molar-refractivity contribution in [2.75, 3.05) is 24.6 Å².